The highest BCUT2D eigenvalue weighted by atomic mass is 32.1. The molecule has 1 saturated carbocycles. The number of nitrogens with zero attached hydrogens (tertiary/aromatic N) is 2. The molecule has 1 aliphatic carbocycles. The van der Waals surface area contributed by atoms with Crippen molar-refractivity contribution in [2.75, 3.05) is 44.8 Å². The first kappa shape index (κ1) is 24.5. The van der Waals surface area contributed by atoms with Crippen molar-refractivity contribution in [3.63, 3.8) is 0 Å². The summed E-state index contributed by atoms with van der Waals surface area (Å²) in [5.74, 6) is 0.202. The average molecular weight is 501 g/mol. The summed E-state index contributed by atoms with van der Waals surface area (Å²) in [5.41, 5.74) is -0.678. The Hall–Kier alpha value is -2.60. The zero-order valence-corrected chi connectivity index (χ0v) is 19.6. The second kappa shape index (κ2) is 10.3. The Kier molecular flexibility index (Phi) is 7.46. The van der Waals surface area contributed by atoms with Gasteiger partial charge in [0.1, 0.15) is 11.9 Å². The lowest BCUT2D eigenvalue weighted by molar-refractivity contribution is -0.136. The molecule has 1 saturated heterocycles. The number of thiophene rings is 1. The van der Waals surface area contributed by atoms with Crippen LogP contribution in [0.3, 0.4) is 0 Å². The molecule has 12 heteroatoms. The fraction of sp³-hybridized carbons (Fsp3) is 0.591. The number of rotatable bonds is 8. The maximum Gasteiger partial charge on any atom is 0.417 e. The molecule has 34 heavy (non-hydrogen) atoms. The lowest BCUT2D eigenvalue weighted by Crippen LogP contribution is -2.40. The summed E-state index contributed by atoms with van der Waals surface area (Å²) in [6, 6.07) is 1.04. The predicted molar refractivity (Wildman–Crippen MR) is 121 cm³/mol. The molecule has 2 aromatic heterocycles. The number of piperidine rings is 1. The standard InChI is InChI=1S/C22H27F3N4O4S/c1-32-9-6-26-20(30)15-12-34-19-16(22(23,24)25)10-17(28-18(15)19)29-7-4-14(5-8-29)33-21(31)27-11-13-2-3-13/h10,12-14H,2-9,11H2,1H3,(H,26,30)(H,27,31). The van der Waals surface area contributed by atoms with Gasteiger partial charge in [0.25, 0.3) is 5.91 Å². The van der Waals surface area contributed by atoms with Crippen LogP contribution in [0.4, 0.5) is 23.8 Å². The maximum atomic E-state index is 13.8. The SMILES string of the molecule is COCCNC(=O)c1csc2c(C(F)(F)F)cc(N3CCC(OC(=O)NCC4CC4)CC3)nc12. The topological polar surface area (TPSA) is 92.8 Å². The van der Waals surface area contributed by atoms with Crippen molar-refractivity contribution in [3.05, 3.63) is 22.6 Å². The van der Waals surface area contributed by atoms with E-state index in [1.165, 1.54) is 12.5 Å². The Labute approximate surface area is 198 Å². The molecule has 8 nitrogen and oxygen atoms in total. The number of fused-ring (bicyclic) bond motifs is 1. The van der Waals surface area contributed by atoms with Crippen molar-refractivity contribution < 1.29 is 32.2 Å². The van der Waals surface area contributed by atoms with E-state index in [0.717, 1.165) is 30.2 Å². The minimum atomic E-state index is -4.59. The normalized spacial score (nSPS) is 17.1. The zero-order chi connectivity index (χ0) is 24.3. The Balaban J connectivity index is 1.48. The average Bonchev–Trinajstić information content (AvgIpc) is 3.54. The molecule has 1 aliphatic heterocycles. The smallest absolute Gasteiger partial charge is 0.417 e. The van der Waals surface area contributed by atoms with Crippen molar-refractivity contribution in [1.82, 2.24) is 15.6 Å². The molecule has 3 heterocycles. The molecule has 2 aromatic rings. The van der Waals surface area contributed by atoms with Crippen LogP contribution in [0, 0.1) is 5.92 Å². The van der Waals surface area contributed by atoms with Gasteiger partial charge in [0.05, 0.1) is 28.0 Å². The van der Waals surface area contributed by atoms with Gasteiger partial charge in [0.15, 0.2) is 0 Å². The van der Waals surface area contributed by atoms with Crippen molar-refractivity contribution in [2.45, 2.75) is 38.0 Å². The molecule has 0 aromatic carbocycles. The molecular weight excluding hydrogens is 473 g/mol. The van der Waals surface area contributed by atoms with Gasteiger partial charge in [-0.2, -0.15) is 13.2 Å². The number of ether oxygens (including phenoxy) is 2. The molecule has 0 spiro atoms. The maximum absolute atomic E-state index is 13.8. The number of hydrogen-bond acceptors (Lipinski definition) is 7. The van der Waals surface area contributed by atoms with E-state index in [-0.39, 0.29) is 40.9 Å². The van der Waals surface area contributed by atoms with Gasteiger partial charge in [0.2, 0.25) is 0 Å². The first-order valence-corrected chi connectivity index (χ1v) is 12.1. The van der Waals surface area contributed by atoms with Gasteiger partial charge in [-0.1, -0.05) is 0 Å². The van der Waals surface area contributed by atoms with E-state index < -0.39 is 23.7 Å². The van der Waals surface area contributed by atoms with E-state index >= 15 is 0 Å². The Bertz CT molecular complexity index is 1030. The Morgan fingerprint density at radius 3 is 2.59 bits per heavy atom. The number of hydrogen-bond donors (Lipinski definition) is 2. The summed E-state index contributed by atoms with van der Waals surface area (Å²) < 4.78 is 51.8. The van der Waals surface area contributed by atoms with Crippen molar-refractivity contribution in [1.29, 1.82) is 0 Å². The van der Waals surface area contributed by atoms with Crippen LogP contribution in [0.2, 0.25) is 0 Å². The molecule has 2 amide bonds. The summed E-state index contributed by atoms with van der Waals surface area (Å²) in [5, 5.41) is 6.79. The third kappa shape index (κ3) is 5.90. The van der Waals surface area contributed by atoms with E-state index in [9.17, 15) is 22.8 Å². The number of carbonyl (C=O) groups excluding carboxylic acids is 2. The fourth-order valence-corrected chi connectivity index (χ4v) is 4.86. The largest absolute Gasteiger partial charge is 0.446 e. The van der Waals surface area contributed by atoms with Crippen LogP contribution < -0.4 is 15.5 Å². The molecule has 2 aliphatic rings. The molecular formula is C22H27F3N4O4S. The number of pyridine rings is 1. The first-order chi connectivity index (χ1) is 16.3. The fourth-order valence-electron chi connectivity index (χ4n) is 3.84. The van der Waals surface area contributed by atoms with E-state index in [1.54, 1.807) is 4.90 Å². The Morgan fingerprint density at radius 1 is 1.21 bits per heavy atom. The highest BCUT2D eigenvalue weighted by Gasteiger charge is 2.36. The lowest BCUT2D eigenvalue weighted by Gasteiger charge is -2.32. The molecule has 0 bridgehead atoms. The number of aromatic nitrogens is 1. The molecule has 0 unspecified atom stereocenters. The van der Waals surface area contributed by atoms with Crippen LogP contribution in [0.15, 0.2) is 11.4 Å². The van der Waals surface area contributed by atoms with Crippen LogP contribution in [0.25, 0.3) is 10.2 Å². The van der Waals surface area contributed by atoms with Gasteiger partial charge in [0, 0.05) is 51.5 Å². The second-order valence-electron chi connectivity index (χ2n) is 8.52. The van der Waals surface area contributed by atoms with Crippen LogP contribution in [-0.4, -0.2) is 63.0 Å². The van der Waals surface area contributed by atoms with E-state index in [4.69, 9.17) is 9.47 Å². The second-order valence-corrected chi connectivity index (χ2v) is 9.40. The number of amides is 2. The lowest BCUT2D eigenvalue weighted by atomic mass is 10.1. The van der Waals surface area contributed by atoms with Crippen LogP contribution in [0.5, 0.6) is 0 Å². The van der Waals surface area contributed by atoms with Gasteiger partial charge in [-0.3, -0.25) is 4.79 Å². The number of anilines is 1. The molecule has 186 valence electrons. The van der Waals surface area contributed by atoms with Crippen molar-refractivity contribution in [3.8, 4) is 0 Å². The summed E-state index contributed by atoms with van der Waals surface area (Å²) >= 11 is 0.851. The number of methoxy groups -OCH3 is 1. The summed E-state index contributed by atoms with van der Waals surface area (Å²) in [6.07, 6.45) is -2.15. The zero-order valence-electron chi connectivity index (χ0n) is 18.7. The monoisotopic (exact) mass is 500 g/mol. The predicted octanol–water partition coefficient (Wildman–Crippen LogP) is 3.80. The minimum Gasteiger partial charge on any atom is -0.446 e. The van der Waals surface area contributed by atoms with Gasteiger partial charge in [-0.15, -0.1) is 11.3 Å². The number of halogens is 3. The molecule has 2 N–H and O–H groups in total. The van der Waals surface area contributed by atoms with Crippen LogP contribution in [-0.2, 0) is 15.7 Å². The first-order valence-electron chi connectivity index (χ1n) is 11.2. The van der Waals surface area contributed by atoms with Gasteiger partial charge >= 0.3 is 12.3 Å². The highest BCUT2D eigenvalue weighted by Crippen LogP contribution is 2.40. The third-order valence-corrected chi connectivity index (χ3v) is 6.93. The number of alkyl halides is 3. The van der Waals surface area contributed by atoms with Crippen LogP contribution >= 0.6 is 11.3 Å². The quantitative estimate of drug-likeness (QED) is 0.536. The number of alkyl carbamates (subject to hydrolysis) is 1. The van der Waals surface area contributed by atoms with Crippen molar-refractivity contribution in [2.24, 2.45) is 5.92 Å². The van der Waals surface area contributed by atoms with Gasteiger partial charge in [-0.25, -0.2) is 9.78 Å². The van der Waals surface area contributed by atoms with E-state index in [0.29, 0.717) is 38.4 Å². The third-order valence-electron chi connectivity index (χ3n) is 5.92. The summed E-state index contributed by atoms with van der Waals surface area (Å²) in [7, 11) is 1.49. The minimum absolute atomic E-state index is 0.0302. The molecule has 0 radical (unpaired) electrons. The van der Waals surface area contributed by atoms with Crippen LogP contribution in [0.1, 0.15) is 41.6 Å². The number of nitrogens with one attached hydrogen (secondary N) is 2. The Morgan fingerprint density at radius 2 is 1.94 bits per heavy atom. The molecule has 0 atom stereocenters. The van der Waals surface area contributed by atoms with Gasteiger partial charge in [-0.05, 0) is 24.8 Å². The molecule has 2 fully saturated rings. The highest BCUT2D eigenvalue weighted by molar-refractivity contribution is 7.17. The van der Waals surface area contributed by atoms with Crippen molar-refractivity contribution >= 4 is 39.4 Å². The van der Waals surface area contributed by atoms with Gasteiger partial charge < -0.3 is 25.0 Å². The summed E-state index contributed by atoms with van der Waals surface area (Å²) in [4.78, 5) is 30.7. The number of carbonyl (C=O) groups is 2. The summed E-state index contributed by atoms with van der Waals surface area (Å²) in [6.45, 7) is 1.91. The molecule has 4 rings (SSSR count). The van der Waals surface area contributed by atoms with E-state index in [2.05, 4.69) is 15.6 Å². The van der Waals surface area contributed by atoms with E-state index in [1.807, 2.05) is 0 Å².